The highest BCUT2D eigenvalue weighted by Crippen LogP contribution is 2.25. The topological polar surface area (TPSA) is 68.5 Å². The number of benzene rings is 1. The van der Waals surface area contributed by atoms with Crippen molar-refractivity contribution in [3.05, 3.63) is 42.1 Å². The van der Waals surface area contributed by atoms with Crippen molar-refractivity contribution in [2.24, 2.45) is 0 Å². The molecule has 0 bridgehead atoms. The van der Waals surface area contributed by atoms with Gasteiger partial charge in [-0.1, -0.05) is 0 Å². The highest BCUT2D eigenvalue weighted by atomic mass is 16.5. The molecule has 2 saturated heterocycles. The Morgan fingerprint density at radius 1 is 1.11 bits per heavy atom. The first kappa shape index (κ1) is 18.5. The first-order chi connectivity index (χ1) is 13.7. The lowest BCUT2D eigenvalue weighted by atomic mass is 10.0. The van der Waals surface area contributed by atoms with E-state index in [2.05, 4.69) is 32.8 Å². The van der Waals surface area contributed by atoms with Crippen molar-refractivity contribution in [1.82, 2.24) is 9.97 Å². The number of aromatic nitrogens is 2. The molecule has 0 amide bonds. The number of piperidine rings is 1. The highest BCUT2D eigenvalue weighted by Gasteiger charge is 2.25. The molecule has 1 aromatic heterocycles. The fourth-order valence-corrected chi connectivity index (χ4v) is 3.89. The van der Waals surface area contributed by atoms with E-state index in [1.54, 1.807) is 0 Å². The molecule has 0 saturated carbocycles. The van der Waals surface area contributed by atoms with Gasteiger partial charge in [0.15, 0.2) is 0 Å². The molecule has 1 aromatic carbocycles. The van der Waals surface area contributed by atoms with Gasteiger partial charge < -0.3 is 19.4 Å². The summed E-state index contributed by atoms with van der Waals surface area (Å²) >= 11 is 0. The van der Waals surface area contributed by atoms with E-state index >= 15 is 0 Å². The third-order valence-corrected chi connectivity index (χ3v) is 5.58. The van der Waals surface area contributed by atoms with Crippen molar-refractivity contribution in [3.63, 3.8) is 0 Å². The van der Waals surface area contributed by atoms with Gasteiger partial charge in [0.1, 0.15) is 5.82 Å². The van der Waals surface area contributed by atoms with E-state index < -0.39 is 0 Å². The molecule has 2 aliphatic heterocycles. The number of morpholine rings is 1. The Bertz CT molecular complexity index is 828. The predicted octanol–water partition coefficient (Wildman–Crippen LogP) is 2.29. The molecule has 2 aliphatic rings. The number of rotatable bonds is 4. The second-order valence-electron chi connectivity index (χ2n) is 7.33. The molecule has 4 rings (SSSR count). The van der Waals surface area contributed by atoms with Gasteiger partial charge in [-0.05, 0) is 43.2 Å². The summed E-state index contributed by atoms with van der Waals surface area (Å²) in [6.45, 7) is 5.19. The van der Waals surface area contributed by atoms with Gasteiger partial charge in [0.05, 0.1) is 24.8 Å². The van der Waals surface area contributed by atoms with E-state index in [0.29, 0.717) is 11.6 Å². The molecule has 0 aliphatic carbocycles. The van der Waals surface area contributed by atoms with Crippen LogP contribution in [0.4, 0.5) is 17.5 Å². The Morgan fingerprint density at radius 2 is 1.89 bits per heavy atom. The Hall–Kier alpha value is -2.85. The summed E-state index contributed by atoms with van der Waals surface area (Å²) in [5, 5.41) is 9.00. The maximum atomic E-state index is 9.00. The van der Waals surface area contributed by atoms with Crippen LogP contribution in [-0.4, -0.2) is 62.5 Å². The van der Waals surface area contributed by atoms with Crippen LogP contribution in [0.2, 0.25) is 0 Å². The van der Waals surface area contributed by atoms with E-state index in [0.717, 1.165) is 64.0 Å². The van der Waals surface area contributed by atoms with Gasteiger partial charge in [0, 0.05) is 51.2 Å². The SMILES string of the molecule is CN(c1nccc(N2CCOCC2)n1)C1CCCN(c2ccc(C#N)cc2)C1. The molecule has 0 spiro atoms. The summed E-state index contributed by atoms with van der Waals surface area (Å²) in [4.78, 5) is 16.2. The largest absolute Gasteiger partial charge is 0.378 e. The number of likely N-dealkylation sites (N-methyl/N-ethyl adjacent to an activating group) is 1. The van der Waals surface area contributed by atoms with E-state index in [1.165, 1.54) is 5.69 Å². The molecular formula is C21H26N6O. The van der Waals surface area contributed by atoms with Gasteiger partial charge in [-0.3, -0.25) is 0 Å². The normalized spacial score (nSPS) is 19.9. The van der Waals surface area contributed by atoms with E-state index in [-0.39, 0.29) is 0 Å². The quantitative estimate of drug-likeness (QED) is 0.808. The lowest BCUT2D eigenvalue weighted by Crippen LogP contribution is -2.47. The second-order valence-corrected chi connectivity index (χ2v) is 7.33. The van der Waals surface area contributed by atoms with Gasteiger partial charge in [-0.15, -0.1) is 0 Å². The minimum Gasteiger partial charge on any atom is -0.378 e. The molecule has 7 nitrogen and oxygen atoms in total. The van der Waals surface area contributed by atoms with Crippen LogP contribution in [0.3, 0.4) is 0 Å². The molecule has 0 radical (unpaired) electrons. The van der Waals surface area contributed by atoms with Crippen molar-refractivity contribution in [2.45, 2.75) is 18.9 Å². The van der Waals surface area contributed by atoms with Crippen LogP contribution in [0.25, 0.3) is 0 Å². The zero-order valence-electron chi connectivity index (χ0n) is 16.3. The van der Waals surface area contributed by atoms with Crippen LogP contribution in [0.5, 0.6) is 0 Å². The highest BCUT2D eigenvalue weighted by molar-refractivity contribution is 5.51. The van der Waals surface area contributed by atoms with Crippen LogP contribution in [0.15, 0.2) is 36.5 Å². The standard InChI is InChI=1S/C21H26N6O/c1-25(21-23-9-8-20(24-21)26-11-13-28-14-12-26)19-3-2-10-27(16-19)18-6-4-17(15-22)5-7-18/h4-9,19H,2-3,10-14,16H2,1H3. The number of nitrogens with zero attached hydrogens (tertiary/aromatic N) is 6. The number of anilines is 3. The van der Waals surface area contributed by atoms with Crippen LogP contribution >= 0.6 is 0 Å². The third-order valence-electron chi connectivity index (χ3n) is 5.58. The zero-order chi connectivity index (χ0) is 19.3. The molecular weight excluding hydrogens is 352 g/mol. The van der Waals surface area contributed by atoms with Crippen LogP contribution < -0.4 is 14.7 Å². The Balaban J connectivity index is 1.46. The minimum absolute atomic E-state index is 0.351. The van der Waals surface area contributed by atoms with Gasteiger partial charge in [-0.25, -0.2) is 4.98 Å². The molecule has 0 N–H and O–H groups in total. The maximum Gasteiger partial charge on any atom is 0.227 e. The Kier molecular flexibility index (Phi) is 5.58. The summed E-state index contributed by atoms with van der Waals surface area (Å²) in [6.07, 6.45) is 4.09. The van der Waals surface area contributed by atoms with Gasteiger partial charge in [0.25, 0.3) is 0 Å². The van der Waals surface area contributed by atoms with Crippen molar-refractivity contribution < 1.29 is 4.74 Å². The summed E-state index contributed by atoms with van der Waals surface area (Å²) in [6, 6.07) is 12.4. The van der Waals surface area contributed by atoms with Crippen molar-refractivity contribution >= 4 is 17.5 Å². The zero-order valence-corrected chi connectivity index (χ0v) is 16.3. The van der Waals surface area contributed by atoms with Gasteiger partial charge in [0.2, 0.25) is 5.95 Å². The first-order valence-electron chi connectivity index (χ1n) is 9.88. The molecule has 2 aromatic rings. The van der Waals surface area contributed by atoms with Crippen molar-refractivity contribution in [1.29, 1.82) is 5.26 Å². The Labute approximate surface area is 166 Å². The smallest absolute Gasteiger partial charge is 0.227 e. The summed E-state index contributed by atoms with van der Waals surface area (Å²) in [5.41, 5.74) is 1.86. The molecule has 1 atom stereocenters. The maximum absolute atomic E-state index is 9.00. The van der Waals surface area contributed by atoms with Gasteiger partial charge >= 0.3 is 0 Å². The molecule has 2 fully saturated rings. The Morgan fingerprint density at radius 3 is 2.64 bits per heavy atom. The average molecular weight is 378 g/mol. The molecule has 7 heteroatoms. The molecule has 3 heterocycles. The van der Waals surface area contributed by atoms with Crippen molar-refractivity contribution in [2.75, 3.05) is 61.1 Å². The van der Waals surface area contributed by atoms with Crippen LogP contribution in [0, 0.1) is 11.3 Å². The van der Waals surface area contributed by atoms with E-state index in [4.69, 9.17) is 15.0 Å². The fraction of sp³-hybridized carbons (Fsp3) is 0.476. The summed E-state index contributed by atoms with van der Waals surface area (Å²) in [7, 11) is 2.09. The van der Waals surface area contributed by atoms with Crippen molar-refractivity contribution in [3.8, 4) is 6.07 Å². The van der Waals surface area contributed by atoms with Crippen LogP contribution in [-0.2, 0) is 4.74 Å². The van der Waals surface area contributed by atoms with E-state index in [1.807, 2.05) is 36.5 Å². The number of nitriles is 1. The fourth-order valence-electron chi connectivity index (χ4n) is 3.89. The average Bonchev–Trinajstić information content (AvgIpc) is 2.79. The van der Waals surface area contributed by atoms with Crippen LogP contribution in [0.1, 0.15) is 18.4 Å². The van der Waals surface area contributed by atoms with E-state index in [9.17, 15) is 0 Å². The minimum atomic E-state index is 0.351. The number of ether oxygens (including phenoxy) is 1. The monoisotopic (exact) mass is 378 g/mol. The van der Waals surface area contributed by atoms with Gasteiger partial charge in [-0.2, -0.15) is 10.2 Å². The third kappa shape index (κ3) is 4.02. The molecule has 1 unspecified atom stereocenters. The lowest BCUT2D eigenvalue weighted by Gasteiger charge is -2.39. The second kappa shape index (κ2) is 8.44. The molecule has 28 heavy (non-hydrogen) atoms. The number of hydrogen-bond acceptors (Lipinski definition) is 7. The number of hydrogen-bond donors (Lipinski definition) is 0. The molecule has 146 valence electrons. The first-order valence-corrected chi connectivity index (χ1v) is 9.88. The lowest BCUT2D eigenvalue weighted by molar-refractivity contribution is 0.122. The summed E-state index contributed by atoms with van der Waals surface area (Å²) < 4.78 is 5.44. The summed E-state index contributed by atoms with van der Waals surface area (Å²) in [5.74, 6) is 1.75. The predicted molar refractivity (Wildman–Crippen MR) is 110 cm³/mol.